The number of nitrogens with zero attached hydrogens (tertiary/aromatic N) is 2. The maximum Gasteiger partial charge on any atom is 0.147 e. The summed E-state index contributed by atoms with van der Waals surface area (Å²) >= 11 is 9.75. The standard InChI is InChI=1S/C13H16BrClN2/c14-11-12(9-3-1-2-4-9)16-10(17-13(11)15)7-8-5-6-8/h8-9H,1-7H2. The van der Waals surface area contributed by atoms with Gasteiger partial charge in [0.1, 0.15) is 11.0 Å². The molecule has 0 aliphatic heterocycles. The summed E-state index contributed by atoms with van der Waals surface area (Å²) in [5, 5.41) is 0.595. The highest BCUT2D eigenvalue weighted by atomic mass is 79.9. The van der Waals surface area contributed by atoms with Crippen LogP contribution < -0.4 is 0 Å². The molecule has 2 aliphatic rings. The molecule has 0 aromatic carbocycles. The molecule has 2 aliphatic carbocycles. The van der Waals surface area contributed by atoms with Crippen molar-refractivity contribution in [2.24, 2.45) is 5.92 Å². The van der Waals surface area contributed by atoms with Gasteiger partial charge >= 0.3 is 0 Å². The van der Waals surface area contributed by atoms with Gasteiger partial charge < -0.3 is 0 Å². The van der Waals surface area contributed by atoms with Crippen LogP contribution in [0.2, 0.25) is 5.15 Å². The Morgan fingerprint density at radius 1 is 1.12 bits per heavy atom. The first-order valence-corrected chi connectivity index (χ1v) is 7.63. The van der Waals surface area contributed by atoms with Crippen molar-refractivity contribution in [3.63, 3.8) is 0 Å². The molecule has 0 spiro atoms. The summed E-state index contributed by atoms with van der Waals surface area (Å²) in [6.45, 7) is 0. The summed E-state index contributed by atoms with van der Waals surface area (Å²) < 4.78 is 0.922. The Balaban J connectivity index is 1.90. The third-order valence-electron chi connectivity index (χ3n) is 3.79. The molecule has 92 valence electrons. The van der Waals surface area contributed by atoms with Crippen LogP contribution in [0.15, 0.2) is 4.47 Å². The normalized spacial score (nSPS) is 21.1. The number of halogens is 2. The molecule has 2 nitrogen and oxygen atoms in total. The van der Waals surface area contributed by atoms with Crippen molar-refractivity contribution < 1.29 is 0 Å². The van der Waals surface area contributed by atoms with E-state index in [1.807, 2.05) is 0 Å². The van der Waals surface area contributed by atoms with Crippen LogP contribution in [0.5, 0.6) is 0 Å². The van der Waals surface area contributed by atoms with E-state index in [2.05, 4.69) is 20.9 Å². The maximum absolute atomic E-state index is 6.20. The average Bonchev–Trinajstić information content (AvgIpc) is 2.95. The molecule has 1 heterocycles. The number of rotatable bonds is 3. The first-order valence-electron chi connectivity index (χ1n) is 6.46. The minimum atomic E-state index is 0.586. The van der Waals surface area contributed by atoms with Gasteiger partial charge in [0.2, 0.25) is 0 Å². The molecule has 17 heavy (non-hydrogen) atoms. The molecule has 0 amide bonds. The van der Waals surface area contributed by atoms with Gasteiger partial charge in [0.15, 0.2) is 0 Å². The summed E-state index contributed by atoms with van der Waals surface area (Å²) in [6, 6.07) is 0. The Morgan fingerprint density at radius 2 is 1.82 bits per heavy atom. The summed E-state index contributed by atoms with van der Waals surface area (Å²) in [5.74, 6) is 2.34. The highest BCUT2D eigenvalue weighted by Gasteiger charge is 2.26. The van der Waals surface area contributed by atoms with E-state index in [9.17, 15) is 0 Å². The zero-order chi connectivity index (χ0) is 11.8. The van der Waals surface area contributed by atoms with Crippen molar-refractivity contribution in [3.8, 4) is 0 Å². The monoisotopic (exact) mass is 314 g/mol. The Morgan fingerprint density at radius 3 is 2.47 bits per heavy atom. The lowest BCUT2D eigenvalue weighted by atomic mass is 10.0. The number of aromatic nitrogens is 2. The summed E-state index contributed by atoms with van der Waals surface area (Å²) in [4.78, 5) is 9.15. The lowest BCUT2D eigenvalue weighted by Crippen LogP contribution is -2.05. The van der Waals surface area contributed by atoms with Crippen LogP contribution in [0.4, 0.5) is 0 Å². The molecule has 1 aromatic heterocycles. The molecule has 0 bridgehead atoms. The van der Waals surface area contributed by atoms with Gasteiger partial charge in [-0.25, -0.2) is 9.97 Å². The number of hydrogen-bond acceptors (Lipinski definition) is 2. The zero-order valence-corrected chi connectivity index (χ0v) is 12.1. The van der Waals surface area contributed by atoms with Gasteiger partial charge in [-0.05, 0) is 47.5 Å². The van der Waals surface area contributed by atoms with E-state index in [-0.39, 0.29) is 0 Å². The molecule has 0 radical (unpaired) electrons. The molecule has 4 heteroatoms. The fraction of sp³-hybridized carbons (Fsp3) is 0.692. The maximum atomic E-state index is 6.20. The predicted molar refractivity (Wildman–Crippen MR) is 72.4 cm³/mol. The van der Waals surface area contributed by atoms with Gasteiger partial charge in [-0.3, -0.25) is 0 Å². The van der Waals surface area contributed by atoms with Gasteiger partial charge in [0, 0.05) is 12.3 Å². The smallest absolute Gasteiger partial charge is 0.147 e. The van der Waals surface area contributed by atoms with Crippen molar-refractivity contribution >= 4 is 27.5 Å². The van der Waals surface area contributed by atoms with Crippen LogP contribution in [-0.4, -0.2) is 9.97 Å². The average molecular weight is 316 g/mol. The molecule has 0 saturated heterocycles. The van der Waals surface area contributed by atoms with Crippen molar-refractivity contribution in [1.82, 2.24) is 9.97 Å². The van der Waals surface area contributed by atoms with E-state index in [4.69, 9.17) is 16.6 Å². The fourth-order valence-electron chi connectivity index (χ4n) is 2.62. The largest absolute Gasteiger partial charge is 0.236 e. The lowest BCUT2D eigenvalue weighted by Gasteiger charge is -2.13. The third-order valence-corrected chi connectivity index (χ3v) is 5.08. The van der Waals surface area contributed by atoms with E-state index < -0.39 is 0 Å². The third kappa shape index (κ3) is 2.65. The SMILES string of the molecule is Clc1nc(CC2CC2)nc(C2CCCC2)c1Br. The van der Waals surface area contributed by atoms with Crippen LogP contribution in [0.25, 0.3) is 0 Å². The molecule has 1 aromatic rings. The molecule has 0 atom stereocenters. The topological polar surface area (TPSA) is 25.8 Å². The second-order valence-corrected chi connectivity index (χ2v) is 6.41. The molecule has 0 N–H and O–H groups in total. The van der Waals surface area contributed by atoms with Crippen molar-refractivity contribution in [3.05, 3.63) is 21.1 Å². The molecular weight excluding hydrogens is 300 g/mol. The first-order chi connectivity index (χ1) is 8.24. The van der Waals surface area contributed by atoms with Crippen molar-refractivity contribution in [2.45, 2.75) is 50.9 Å². The predicted octanol–water partition coefficient (Wildman–Crippen LogP) is 4.50. The molecule has 0 unspecified atom stereocenters. The van der Waals surface area contributed by atoms with E-state index in [0.717, 1.165) is 28.3 Å². The highest BCUT2D eigenvalue weighted by Crippen LogP contribution is 2.39. The quantitative estimate of drug-likeness (QED) is 0.767. The van der Waals surface area contributed by atoms with E-state index in [1.54, 1.807) is 0 Å². The summed E-state index contributed by atoms with van der Waals surface area (Å²) in [7, 11) is 0. The van der Waals surface area contributed by atoms with Crippen LogP contribution in [0.3, 0.4) is 0 Å². The summed E-state index contributed by atoms with van der Waals surface area (Å²) in [5.41, 5.74) is 1.15. The second kappa shape index (κ2) is 4.85. The number of hydrogen-bond donors (Lipinski definition) is 0. The van der Waals surface area contributed by atoms with Crippen molar-refractivity contribution in [2.75, 3.05) is 0 Å². The molecule has 2 saturated carbocycles. The fourth-order valence-corrected chi connectivity index (χ4v) is 3.32. The zero-order valence-electron chi connectivity index (χ0n) is 9.75. The van der Waals surface area contributed by atoms with Crippen LogP contribution in [0.1, 0.15) is 56.0 Å². The van der Waals surface area contributed by atoms with Gasteiger partial charge in [-0.15, -0.1) is 0 Å². The second-order valence-electron chi connectivity index (χ2n) is 5.26. The Bertz CT molecular complexity index is 426. The minimum Gasteiger partial charge on any atom is -0.236 e. The Hall–Kier alpha value is -0.150. The van der Waals surface area contributed by atoms with E-state index in [0.29, 0.717) is 11.1 Å². The van der Waals surface area contributed by atoms with Gasteiger partial charge in [0.05, 0.1) is 10.2 Å². The van der Waals surface area contributed by atoms with Crippen LogP contribution in [-0.2, 0) is 6.42 Å². The van der Waals surface area contributed by atoms with Crippen LogP contribution in [0, 0.1) is 5.92 Å². The molecule has 2 fully saturated rings. The first kappa shape index (κ1) is 11.9. The Kier molecular flexibility index (Phi) is 3.40. The van der Waals surface area contributed by atoms with Crippen molar-refractivity contribution in [1.29, 1.82) is 0 Å². The van der Waals surface area contributed by atoms with Gasteiger partial charge in [-0.1, -0.05) is 24.4 Å². The van der Waals surface area contributed by atoms with Crippen LogP contribution >= 0.6 is 27.5 Å². The summed E-state index contributed by atoms with van der Waals surface area (Å²) in [6.07, 6.45) is 8.79. The van der Waals surface area contributed by atoms with Gasteiger partial charge in [-0.2, -0.15) is 0 Å². The highest BCUT2D eigenvalue weighted by molar-refractivity contribution is 9.10. The van der Waals surface area contributed by atoms with E-state index in [1.165, 1.54) is 38.5 Å². The lowest BCUT2D eigenvalue weighted by molar-refractivity contribution is 0.668. The van der Waals surface area contributed by atoms with E-state index >= 15 is 0 Å². The molecular formula is C13H16BrClN2. The molecule has 3 rings (SSSR count). The Labute approximate surface area is 115 Å². The van der Waals surface area contributed by atoms with Gasteiger partial charge in [0.25, 0.3) is 0 Å². The minimum absolute atomic E-state index is 0.586.